The average molecular weight is 245 g/mol. The first-order chi connectivity index (χ1) is 8.75. The van der Waals surface area contributed by atoms with Crippen LogP contribution in [0.4, 0.5) is 4.79 Å². The molecule has 1 saturated carbocycles. The Labute approximate surface area is 106 Å². The van der Waals surface area contributed by atoms with Crippen molar-refractivity contribution in [3.8, 4) is 0 Å². The number of Topliss-reactive ketones (excluding diaryl/α,β-unsaturated/α-hetero) is 1. The largest absolute Gasteiger partial charge is 0.445 e. The van der Waals surface area contributed by atoms with Crippen LogP contribution in [-0.2, 0) is 16.1 Å². The Bertz CT molecular complexity index is 471. The van der Waals surface area contributed by atoms with Crippen molar-refractivity contribution in [2.45, 2.75) is 25.5 Å². The fourth-order valence-corrected chi connectivity index (χ4v) is 2.78. The molecule has 2 bridgehead atoms. The lowest BCUT2D eigenvalue weighted by Crippen LogP contribution is -2.39. The van der Waals surface area contributed by atoms with Gasteiger partial charge in [0.25, 0.3) is 0 Å². The van der Waals surface area contributed by atoms with Crippen molar-refractivity contribution < 1.29 is 14.3 Å². The normalized spacial score (nSPS) is 25.6. The van der Waals surface area contributed by atoms with Crippen molar-refractivity contribution in [3.63, 3.8) is 0 Å². The van der Waals surface area contributed by atoms with Crippen molar-refractivity contribution in [1.29, 1.82) is 0 Å². The minimum Gasteiger partial charge on any atom is -0.445 e. The lowest BCUT2D eigenvalue weighted by atomic mass is 10.1. The van der Waals surface area contributed by atoms with E-state index < -0.39 is 0 Å². The van der Waals surface area contributed by atoms with Crippen LogP contribution in [-0.4, -0.2) is 29.4 Å². The van der Waals surface area contributed by atoms with Crippen LogP contribution in [0.5, 0.6) is 0 Å². The van der Waals surface area contributed by atoms with Gasteiger partial charge in [-0.1, -0.05) is 30.3 Å². The zero-order chi connectivity index (χ0) is 12.5. The number of fused-ring (bicyclic) bond motifs is 2. The van der Waals surface area contributed by atoms with Crippen LogP contribution in [0.15, 0.2) is 30.3 Å². The summed E-state index contributed by atoms with van der Waals surface area (Å²) < 4.78 is 5.25. The molecule has 2 unspecified atom stereocenters. The zero-order valence-corrected chi connectivity index (χ0v) is 10.0. The van der Waals surface area contributed by atoms with Crippen LogP contribution in [0.25, 0.3) is 0 Å². The van der Waals surface area contributed by atoms with E-state index in [1.807, 2.05) is 30.3 Å². The first kappa shape index (κ1) is 11.3. The first-order valence-corrected chi connectivity index (χ1v) is 6.27. The molecule has 1 heterocycles. The van der Waals surface area contributed by atoms with Crippen molar-refractivity contribution in [2.24, 2.45) is 5.92 Å². The molecule has 1 aromatic carbocycles. The minimum atomic E-state index is -0.362. The highest BCUT2D eigenvalue weighted by Crippen LogP contribution is 2.34. The Kier molecular flexibility index (Phi) is 2.78. The SMILES string of the molecule is O=C1C2CCC1N(C(=O)OCc1ccccc1)C2. The Hall–Kier alpha value is -1.84. The molecule has 2 aliphatic rings. The van der Waals surface area contributed by atoms with E-state index in [1.54, 1.807) is 4.90 Å². The van der Waals surface area contributed by atoms with Gasteiger partial charge in [-0.3, -0.25) is 9.69 Å². The maximum absolute atomic E-state index is 11.9. The summed E-state index contributed by atoms with van der Waals surface area (Å²) in [4.78, 5) is 25.2. The summed E-state index contributed by atoms with van der Waals surface area (Å²) in [6.45, 7) is 0.804. The number of benzene rings is 1. The van der Waals surface area contributed by atoms with Crippen molar-refractivity contribution in [2.75, 3.05) is 6.54 Å². The first-order valence-electron chi connectivity index (χ1n) is 6.27. The molecular formula is C14H15NO3. The van der Waals surface area contributed by atoms with Crippen molar-refractivity contribution in [1.82, 2.24) is 4.90 Å². The fraction of sp³-hybridized carbons (Fsp3) is 0.429. The third-order valence-corrected chi connectivity index (χ3v) is 3.75. The van der Waals surface area contributed by atoms with Crippen molar-refractivity contribution in [3.05, 3.63) is 35.9 Å². The van der Waals surface area contributed by atoms with Gasteiger partial charge in [0.15, 0.2) is 5.78 Å². The smallest absolute Gasteiger partial charge is 0.410 e. The number of piperidine rings is 1. The van der Waals surface area contributed by atoms with E-state index in [9.17, 15) is 9.59 Å². The van der Waals surface area contributed by atoms with Crippen LogP contribution >= 0.6 is 0 Å². The maximum Gasteiger partial charge on any atom is 0.410 e. The molecule has 2 fully saturated rings. The van der Waals surface area contributed by atoms with Crippen molar-refractivity contribution >= 4 is 11.9 Å². The van der Waals surface area contributed by atoms with Gasteiger partial charge in [0.05, 0.1) is 6.04 Å². The van der Waals surface area contributed by atoms with E-state index >= 15 is 0 Å². The monoisotopic (exact) mass is 245 g/mol. The summed E-state index contributed by atoms with van der Waals surface area (Å²) in [6.07, 6.45) is 1.36. The number of likely N-dealkylation sites (tertiary alicyclic amines) is 1. The Balaban J connectivity index is 1.58. The van der Waals surface area contributed by atoms with Crippen LogP contribution in [0.2, 0.25) is 0 Å². The second-order valence-corrected chi connectivity index (χ2v) is 4.88. The highest BCUT2D eigenvalue weighted by Gasteiger charge is 2.48. The van der Waals surface area contributed by atoms with Gasteiger partial charge in [0, 0.05) is 12.5 Å². The molecule has 4 heteroatoms. The predicted molar refractivity (Wildman–Crippen MR) is 64.9 cm³/mol. The summed E-state index contributed by atoms with van der Waals surface area (Å²) in [5.41, 5.74) is 0.960. The molecule has 1 amide bonds. The Morgan fingerprint density at radius 1 is 1.28 bits per heavy atom. The number of amides is 1. The van der Waals surface area contributed by atoms with Gasteiger partial charge < -0.3 is 4.74 Å². The molecule has 18 heavy (non-hydrogen) atoms. The number of hydrogen-bond acceptors (Lipinski definition) is 3. The van der Waals surface area contributed by atoms with Gasteiger partial charge in [-0.15, -0.1) is 0 Å². The number of carbonyl (C=O) groups is 2. The second-order valence-electron chi connectivity index (χ2n) is 4.88. The van der Waals surface area contributed by atoms with E-state index in [2.05, 4.69) is 0 Å². The van der Waals surface area contributed by atoms with E-state index in [0.29, 0.717) is 6.54 Å². The molecule has 1 aliphatic carbocycles. The Morgan fingerprint density at radius 2 is 2.06 bits per heavy atom. The topological polar surface area (TPSA) is 46.6 Å². The van der Waals surface area contributed by atoms with Crippen LogP contribution in [0, 0.1) is 5.92 Å². The second kappa shape index (κ2) is 4.44. The molecule has 1 saturated heterocycles. The highest BCUT2D eigenvalue weighted by atomic mass is 16.6. The third-order valence-electron chi connectivity index (χ3n) is 3.75. The minimum absolute atomic E-state index is 0.0549. The summed E-state index contributed by atoms with van der Waals surface area (Å²) in [6, 6.07) is 9.33. The highest BCUT2D eigenvalue weighted by molar-refractivity contribution is 5.94. The quantitative estimate of drug-likeness (QED) is 0.800. The van der Waals surface area contributed by atoms with Gasteiger partial charge in [-0.2, -0.15) is 0 Å². The number of carbonyl (C=O) groups excluding carboxylic acids is 2. The summed E-state index contributed by atoms with van der Waals surface area (Å²) >= 11 is 0. The van der Waals surface area contributed by atoms with Gasteiger partial charge >= 0.3 is 6.09 Å². The van der Waals surface area contributed by atoms with Crippen LogP contribution in [0.1, 0.15) is 18.4 Å². The molecule has 1 aliphatic heterocycles. The molecular weight excluding hydrogens is 230 g/mol. The lowest BCUT2D eigenvalue weighted by Gasteiger charge is -2.24. The number of ether oxygens (including phenoxy) is 1. The van der Waals surface area contributed by atoms with E-state index in [4.69, 9.17) is 4.74 Å². The summed E-state index contributed by atoms with van der Waals surface area (Å²) in [5, 5.41) is 0. The molecule has 0 spiro atoms. The lowest BCUT2D eigenvalue weighted by molar-refractivity contribution is -0.120. The van der Waals surface area contributed by atoms with E-state index in [-0.39, 0.29) is 30.4 Å². The maximum atomic E-state index is 11.9. The summed E-state index contributed by atoms with van der Waals surface area (Å²) in [5.74, 6) is 0.269. The molecule has 0 aromatic heterocycles. The number of nitrogens with zero attached hydrogens (tertiary/aromatic N) is 1. The fourth-order valence-electron chi connectivity index (χ4n) is 2.78. The standard InChI is InChI=1S/C14H15NO3/c16-13-11-6-7-12(13)15(8-11)14(17)18-9-10-4-2-1-3-5-10/h1-5,11-12H,6-9H2. The van der Waals surface area contributed by atoms with Gasteiger partial charge in [-0.05, 0) is 18.4 Å². The Morgan fingerprint density at radius 3 is 2.67 bits per heavy atom. The zero-order valence-electron chi connectivity index (χ0n) is 10.0. The number of rotatable bonds is 2. The molecule has 4 nitrogen and oxygen atoms in total. The molecule has 1 aromatic rings. The predicted octanol–water partition coefficient (Wildman–Crippen LogP) is 1.99. The average Bonchev–Trinajstić information content (AvgIpc) is 2.93. The molecule has 2 atom stereocenters. The third kappa shape index (κ3) is 1.88. The summed E-state index contributed by atoms with van der Waals surface area (Å²) in [7, 11) is 0. The number of hydrogen-bond donors (Lipinski definition) is 0. The van der Waals surface area contributed by atoms with Gasteiger partial charge in [-0.25, -0.2) is 4.79 Å². The molecule has 3 rings (SSSR count). The van der Waals surface area contributed by atoms with Gasteiger partial charge in [0.2, 0.25) is 0 Å². The van der Waals surface area contributed by atoms with Crippen LogP contribution < -0.4 is 0 Å². The molecule has 0 N–H and O–H groups in total. The number of ketones is 1. The molecule has 94 valence electrons. The molecule has 0 radical (unpaired) electrons. The van der Waals surface area contributed by atoms with Gasteiger partial charge in [0.1, 0.15) is 6.61 Å². The van der Waals surface area contributed by atoms with E-state index in [1.165, 1.54) is 0 Å². The van der Waals surface area contributed by atoms with E-state index in [0.717, 1.165) is 18.4 Å². The van der Waals surface area contributed by atoms with Crippen LogP contribution in [0.3, 0.4) is 0 Å².